The standard InChI is InChI=1S/C15H25NO2/c1-4-18-11-5-10-16-13(3)15(17)14-8-6-12(2)7-9-14/h6-9,13,15-17H,4-5,10-11H2,1-3H3. The fourth-order valence-electron chi connectivity index (χ4n) is 1.81. The Balaban J connectivity index is 2.32. The van der Waals surface area contributed by atoms with Crippen molar-refractivity contribution in [3.63, 3.8) is 0 Å². The third-order valence-corrected chi connectivity index (χ3v) is 3.03. The second kappa shape index (κ2) is 8.25. The second-order valence-electron chi connectivity index (χ2n) is 4.65. The maximum Gasteiger partial charge on any atom is 0.0940 e. The highest BCUT2D eigenvalue weighted by Gasteiger charge is 2.15. The molecule has 0 fully saturated rings. The van der Waals surface area contributed by atoms with Crippen molar-refractivity contribution in [2.24, 2.45) is 0 Å². The molecule has 1 aromatic rings. The van der Waals surface area contributed by atoms with Crippen LogP contribution in [0.5, 0.6) is 0 Å². The minimum absolute atomic E-state index is 0.0503. The van der Waals surface area contributed by atoms with Crippen LogP contribution in [-0.2, 0) is 4.74 Å². The van der Waals surface area contributed by atoms with Gasteiger partial charge in [-0.05, 0) is 39.3 Å². The first-order valence-electron chi connectivity index (χ1n) is 6.71. The van der Waals surface area contributed by atoms with Crippen molar-refractivity contribution in [3.05, 3.63) is 35.4 Å². The Morgan fingerprint density at radius 2 is 1.94 bits per heavy atom. The van der Waals surface area contributed by atoms with Crippen molar-refractivity contribution in [2.45, 2.75) is 39.3 Å². The van der Waals surface area contributed by atoms with Crippen molar-refractivity contribution in [1.82, 2.24) is 5.32 Å². The van der Waals surface area contributed by atoms with Crippen molar-refractivity contribution in [2.75, 3.05) is 19.8 Å². The molecule has 3 heteroatoms. The molecule has 0 aliphatic rings. The van der Waals surface area contributed by atoms with Gasteiger partial charge in [0.2, 0.25) is 0 Å². The van der Waals surface area contributed by atoms with Crippen molar-refractivity contribution >= 4 is 0 Å². The van der Waals surface area contributed by atoms with Crippen molar-refractivity contribution < 1.29 is 9.84 Å². The highest BCUT2D eigenvalue weighted by Crippen LogP contribution is 2.17. The van der Waals surface area contributed by atoms with Crippen LogP contribution in [0.3, 0.4) is 0 Å². The number of nitrogens with one attached hydrogen (secondary N) is 1. The van der Waals surface area contributed by atoms with Gasteiger partial charge < -0.3 is 15.2 Å². The molecule has 0 aliphatic carbocycles. The van der Waals surface area contributed by atoms with E-state index in [-0.39, 0.29) is 6.04 Å². The van der Waals surface area contributed by atoms with Crippen molar-refractivity contribution in [1.29, 1.82) is 0 Å². The number of aliphatic hydroxyl groups is 1. The smallest absolute Gasteiger partial charge is 0.0940 e. The topological polar surface area (TPSA) is 41.5 Å². The summed E-state index contributed by atoms with van der Waals surface area (Å²) in [5, 5.41) is 13.5. The maximum atomic E-state index is 10.2. The van der Waals surface area contributed by atoms with Gasteiger partial charge in [-0.15, -0.1) is 0 Å². The van der Waals surface area contributed by atoms with Crippen LogP contribution in [0.2, 0.25) is 0 Å². The summed E-state index contributed by atoms with van der Waals surface area (Å²) in [5.41, 5.74) is 2.17. The zero-order valence-electron chi connectivity index (χ0n) is 11.6. The van der Waals surface area contributed by atoms with Gasteiger partial charge in [-0.1, -0.05) is 29.8 Å². The van der Waals surface area contributed by atoms with E-state index < -0.39 is 6.10 Å². The second-order valence-corrected chi connectivity index (χ2v) is 4.65. The quantitative estimate of drug-likeness (QED) is 0.697. The normalized spacial score (nSPS) is 14.4. The van der Waals surface area contributed by atoms with Crippen LogP contribution in [-0.4, -0.2) is 30.9 Å². The lowest BCUT2D eigenvalue weighted by atomic mass is 10.0. The summed E-state index contributed by atoms with van der Waals surface area (Å²) in [6.45, 7) is 8.45. The molecule has 0 spiro atoms. The predicted octanol–water partition coefficient (Wildman–Crippen LogP) is 2.43. The first kappa shape index (κ1) is 15.2. The van der Waals surface area contributed by atoms with Crippen LogP contribution >= 0.6 is 0 Å². The highest BCUT2D eigenvalue weighted by molar-refractivity contribution is 5.23. The molecule has 1 aromatic carbocycles. The summed E-state index contributed by atoms with van der Waals surface area (Å²) in [4.78, 5) is 0. The Bertz CT molecular complexity index is 324. The third kappa shape index (κ3) is 5.17. The summed E-state index contributed by atoms with van der Waals surface area (Å²) in [6, 6.07) is 8.08. The van der Waals surface area contributed by atoms with Crippen molar-refractivity contribution in [3.8, 4) is 0 Å². The molecule has 2 unspecified atom stereocenters. The van der Waals surface area contributed by atoms with E-state index in [0.29, 0.717) is 0 Å². The Hall–Kier alpha value is -0.900. The van der Waals surface area contributed by atoms with E-state index in [1.165, 1.54) is 5.56 Å². The molecule has 1 rings (SSSR count). The monoisotopic (exact) mass is 251 g/mol. The number of ether oxygens (including phenoxy) is 1. The van der Waals surface area contributed by atoms with Crippen LogP contribution in [0, 0.1) is 6.92 Å². The van der Waals surface area contributed by atoms with E-state index >= 15 is 0 Å². The number of hydrogen-bond acceptors (Lipinski definition) is 3. The fraction of sp³-hybridized carbons (Fsp3) is 0.600. The zero-order chi connectivity index (χ0) is 13.4. The average molecular weight is 251 g/mol. The predicted molar refractivity (Wildman–Crippen MR) is 74.7 cm³/mol. The van der Waals surface area contributed by atoms with Gasteiger partial charge in [0.1, 0.15) is 0 Å². The lowest BCUT2D eigenvalue weighted by molar-refractivity contribution is 0.125. The van der Waals surface area contributed by atoms with Gasteiger partial charge in [0, 0.05) is 19.3 Å². The number of hydrogen-bond donors (Lipinski definition) is 2. The molecular formula is C15H25NO2. The van der Waals surface area contributed by atoms with Gasteiger partial charge in [-0.3, -0.25) is 0 Å². The van der Waals surface area contributed by atoms with Crippen LogP contribution in [0.1, 0.15) is 37.5 Å². The molecule has 2 atom stereocenters. The van der Waals surface area contributed by atoms with Gasteiger partial charge in [0.25, 0.3) is 0 Å². The summed E-state index contributed by atoms with van der Waals surface area (Å²) in [6.07, 6.45) is 0.511. The molecule has 0 aliphatic heterocycles. The zero-order valence-corrected chi connectivity index (χ0v) is 11.6. The molecule has 0 aromatic heterocycles. The molecule has 2 N–H and O–H groups in total. The Morgan fingerprint density at radius 3 is 2.56 bits per heavy atom. The molecule has 0 radical (unpaired) electrons. The first-order chi connectivity index (χ1) is 8.65. The van der Waals surface area contributed by atoms with E-state index in [9.17, 15) is 5.11 Å². The van der Waals surface area contributed by atoms with Crippen LogP contribution in [0.4, 0.5) is 0 Å². The van der Waals surface area contributed by atoms with Crippen LogP contribution in [0.15, 0.2) is 24.3 Å². The molecule has 0 amide bonds. The van der Waals surface area contributed by atoms with Gasteiger partial charge in [0.05, 0.1) is 6.10 Å². The summed E-state index contributed by atoms with van der Waals surface area (Å²) in [7, 11) is 0. The maximum absolute atomic E-state index is 10.2. The van der Waals surface area contributed by atoms with E-state index in [1.807, 2.05) is 45.0 Å². The summed E-state index contributed by atoms with van der Waals surface area (Å²) < 4.78 is 5.27. The highest BCUT2D eigenvalue weighted by atomic mass is 16.5. The molecular weight excluding hydrogens is 226 g/mol. The van der Waals surface area contributed by atoms with E-state index in [4.69, 9.17) is 4.74 Å². The molecule has 0 heterocycles. The third-order valence-electron chi connectivity index (χ3n) is 3.03. The van der Waals surface area contributed by atoms with E-state index in [2.05, 4.69) is 5.32 Å². The van der Waals surface area contributed by atoms with E-state index in [0.717, 1.165) is 31.7 Å². The minimum Gasteiger partial charge on any atom is -0.387 e. The van der Waals surface area contributed by atoms with E-state index in [1.54, 1.807) is 0 Å². The molecule has 0 saturated carbocycles. The number of aryl methyl sites for hydroxylation is 1. The Labute approximate surface area is 110 Å². The molecule has 102 valence electrons. The first-order valence-corrected chi connectivity index (χ1v) is 6.71. The number of benzene rings is 1. The number of rotatable bonds is 8. The Kier molecular flexibility index (Phi) is 6.94. The SMILES string of the molecule is CCOCCCNC(C)C(O)c1ccc(C)cc1. The number of aliphatic hydroxyl groups excluding tert-OH is 1. The molecule has 18 heavy (non-hydrogen) atoms. The van der Waals surface area contributed by atoms with Gasteiger partial charge in [-0.2, -0.15) is 0 Å². The minimum atomic E-state index is -0.460. The summed E-state index contributed by atoms with van der Waals surface area (Å²) >= 11 is 0. The molecule has 3 nitrogen and oxygen atoms in total. The van der Waals surface area contributed by atoms with Gasteiger partial charge in [-0.25, -0.2) is 0 Å². The summed E-state index contributed by atoms with van der Waals surface area (Å²) in [5.74, 6) is 0. The molecule has 0 saturated heterocycles. The van der Waals surface area contributed by atoms with Gasteiger partial charge in [0.15, 0.2) is 0 Å². The average Bonchev–Trinajstić information content (AvgIpc) is 2.38. The lowest BCUT2D eigenvalue weighted by Crippen LogP contribution is -2.33. The van der Waals surface area contributed by atoms with Gasteiger partial charge >= 0.3 is 0 Å². The lowest BCUT2D eigenvalue weighted by Gasteiger charge is -2.20. The fourth-order valence-corrected chi connectivity index (χ4v) is 1.81. The van der Waals surface area contributed by atoms with Crippen LogP contribution in [0.25, 0.3) is 0 Å². The van der Waals surface area contributed by atoms with Crippen LogP contribution < -0.4 is 5.32 Å². The Morgan fingerprint density at radius 1 is 1.28 bits per heavy atom. The molecule has 0 bridgehead atoms. The largest absolute Gasteiger partial charge is 0.387 e.